The van der Waals surface area contributed by atoms with Crippen molar-refractivity contribution in [2.45, 2.75) is 25.3 Å². The zero-order chi connectivity index (χ0) is 15.6. The van der Waals surface area contributed by atoms with Gasteiger partial charge in [-0.2, -0.15) is 17.0 Å². The lowest BCUT2D eigenvalue weighted by Crippen LogP contribution is -2.57. The molecular formula is C15H28N4O2S. The van der Waals surface area contributed by atoms with Crippen LogP contribution in [0.5, 0.6) is 0 Å². The zero-order valence-electron chi connectivity index (χ0n) is 13.5. The maximum atomic E-state index is 12.7. The molecule has 0 saturated carbocycles. The van der Waals surface area contributed by atoms with Crippen LogP contribution in [0.1, 0.15) is 19.3 Å². The summed E-state index contributed by atoms with van der Waals surface area (Å²) in [6.07, 6.45) is 8.21. The molecule has 22 heavy (non-hydrogen) atoms. The molecule has 0 aromatic carbocycles. The van der Waals surface area contributed by atoms with E-state index in [1.165, 1.54) is 19.3 Å². The SMILES string of the molecule is CN1CCN(S(=O)(=O)N2CCN(C3C=CCCC3)CC2)CC1. The van der Waals surface area contributed by atoms with E-state index in [9.17, 15) is 8.42 Å². The van der Waals surface area contributed by atoms with Crippen LogP contribution in [0.25, 0.3) is 0 Å². The normalized spacial score (nSPS) is 30.7. The molecule has 1 aliphatic carbocycles. The van der Waals surface area contributed by atoms with Gasteiger partial charge in [-0.25, -0.2) is 0 Å². The van der Waals surface area contributed by atoms with Crippen molar-refractivity contribution < 1.29 is 8.42 Å². The molecule has 2 heterocycles. The van der Waals surface area contributed by atoms with E-state index < -0.39 is 10.2 Å². The van der Waals surface area contributed by atoms with Crippen molar-refractivity contribution in [3.63, 3.8) is 0 Å². The lowest BCUT2D eigenvalue weighted by atomic mass is 10.0. The van der Waals surface area contributed by atoms with Gasteiger partial charge in [0.1, 0.15) is 0 Å². The van der Waals surface area contributed by atoms with Crippen LogP contribution in [0.4, 0.5) is 0 Å². The summed E-state index contributed by atoms with van der Waals surface area (Å²) in [6, 6.07) is 0.516. The number of allylic oxidation sites excluding steroid dienone is 1. The Morgan fingerprint density at radius 1 is 0.909 bits per heavy atom. The monoisotopic (exact) mass is 328 g/mol. The predicted octanol–water partition coefficient (Wildman–Crippen LogP) is 0.205. The highest BCUT2D eigenvalue weighted by atomic mass is 32.2. The van der Waals surface area contributed by atoms with Gasteiger partial charge in [0.15, 0.2) is 0 Å². The van der Waals surface area contributed by atoms with Gasteiger partial charge in [-0.05, 0) is 26.3 Å². The summed E-state index contributed by atoms with van der Waals surface area (Å²) in [7, 11) is -1.23. The molecule has 2 saturated heterocycles. The smallest absolute Gasteiger partial charge is 0.282 e. The van der Waals surface area contributed by atoms with Crippen LogP contribution < -0.4 is 0 Å². The van der Waals surface area contributed by atoms with Gasteiger partial charge < -0.3 is 4.90 Å². The van der Waals surface area contributed by atoms with Crippen LogP contribution in [0.15, 0.2) is 12.2 Å². The fourth-order valence-electron chi connectivity index (χ4n) is 3.55. The Kier molecular flexibility index (Phi) is 5.19. The fraction of sp³-hybridized carbons (Fsp3) is 0.867. The molecule has 0 aromatic rings. The van der Waals surface area contributed by atoms with Gasteiger partial charge in [0, 0.05) is 58.4 Å². The molecule has 0 aromatic heterocycles. The van der Waals surface area contributed by atoms with Crippen molar-refractivity contribution in [3.05, 3.63) is 12.2 Å². The van der Waals surface area contributed by atoms with Crippen LogP contribution in [0.2, 0.25) is 0 Å². The molecule has 0 spiro atoms. The predicted molar refractivity (Wildman–Crippen MR) is 87.9 cm³/mol. The van der Waals surface area contributed by atoms with Crippen molar-refractivity contribution in [2.75, 3.05) is 59.4 Å². The third-order valence-electron chi connectivity index (χ3n) is 5.09. The minimum atomic E-state index is -3.27. The standard InChI is InChI=1S/C15H28N4O2S/c1-16-7-11-18(12-8-16)22(20,21)19-13-9-17(10-14-19)15-5-3-2-4-6-15/h3,5,15H,2,4,6-14H2,1H3. The second-order valence-corrected chi connectivity index (χ2v) is 8.50. The molecule has 0 radical (unpaired) electrons. The Bertz CT molecular complexity index is 492. The Balaban J connectivity index is 1.56. The molecule has 1 unspecified atom stereocenters. The zero-order valence-corrected chi connectivity index (χ0v) is 14.3. The van der Waals surface area contributed by atoms with E-state index in [2.05, 4.69) is 22.0 Å². The van der Waals surface area contributed by atoms with E-state index in [1.54, 1.807) is 8.61 Å². The molecule has 0 N–H and O–H groups in total. The van der Waals surface area contributed by atoms with Crippen LogP contribution in [0.3, 0.4) is 0 Å². The van der Waals surface area contributed by atoms with Gasteiger partial charge in [-0.3, -0.25) is 4.90 Å². The van der Waals surface area contributed by atoms with Gasteiger partial charge in [0.25, 0.3) is 10.2 Å². The molecule has 6 nitrogen and oxygen atoms in total. The summed E-state index contributed by atoms with van der Waals surface area (Å²) < 4.78 is 28.8. The van der Waals surface area contributed by atoms with Crippen molar-refractivity contribution in [1.29, 1.82) is 0 Å². The minimum Gasteiger partial charge on any atom is -0.304 e. The molecular weight excluding hydrogens is 300 g/mol. The van der Waals surface area contributed by atoms with E-state index in [-0.39, 0.29) is 0 Å². The third-order valence-corrected chi connectivity index (χ3v) is 7.12. The van der Waals surface area contributed by atoms with Gasteiger partial charge >= 0.3 is 0 Å². The average molecular weight is 328 g/mol. The molecule has 1 atom stereocenters. The average Bonchev–Trinajstić information content (AvgIpc) is 2.56. The van der Waals surface area contributed by atoms with Crippen molar-refractivity contribution in [3.8, 4) is 0 Å². The largest absolute Gasteiger partial charge is 0.304 e. The summed E-state index contributed by atoms with van der Waals surface area (Å²) in [5, 5.41) is 0. The molecule has 2 fully saturated rings. The van der Waals surface area contributed by atoms with Crippen molar-refractivity contribution in [2.24, 2.45) is 0 Å². The summed E-state index contributed by atoms with van der Waals surface area (Å²) in [5.74, 6) is 0. The van der Waals surface area contributed by atoms with Crippen LogP contribution in [-0.2, 0) is 10.2 Å². The first-order valence-electron chi connectivity index (χ1n) is 8.42. The Morgan fingerprint density at radius 3 is 2.05 bits per heavy atom. The highest BCUT2D eigenvalue weighted by Crippen LogP contribution is 2.20. The second-order valence-electron chi connectivity index (χ2n) is 6.57. The topological polar surface area (TPSA) is 47.1 Å². The first-order chi connectivity index (χ1) is 10.6. The van der Waals surface area contributed by atoms with E-state index in [0.29, 0.717) is 32.2 Å². The Morgan fingerprint density at radius 2 is 1.50 bits per heavy atom. The number of piperazine rings is 2. The molecule has 3 aliphatic rings. The maximum Gasteiger partial charge on any atom is 0.282 e. The van der Waals surface area contributed by atoms with Crippen LogP contribution >= 0.6 is 0 Å². The summed E-state index contributed by atoms with van der Waals surface area (Å²) in [4.78, 5) is 4.62. The molecule has 0 bridgehead atoms. The van der Waals surface area contributed by atoms with E-state index in [4.69, 9.17) is 0 Å². The Labute approximate surface area is 134 Å². The van der Waals surface area contributed by atoms with E-state index in [1.807, 2.05) is 7.05 Å². The third kappa shape index (κ3) is 3.54. The highest BCUT2D eigenvalue weighted by Gasteiger charge is 2.34. The van der Waals surface area contributed by atoms with E-state index >= 15 is 0 Å². The first-order valence-corrected chi connectivity index (χ1v) is 9.81. The number of likely N-dealkylation sites (N-methyl/N-ethyl adjacent to an activating group) is 1. The number of hydrogen-bond acceptors (Lipinski definition) is 4. The molecule has 2 aliphatic heterocycles. The summed E-state index contributed by atoms with van der Waals surface area (Å²) in [5.41, 5.74) is 0. The van der Waals surface area contributed by atoms with Gasteiger partial charge in [0.2, 0.25) is 0 Å². The van der Waals surface area contributed by atoms with Crippen molar-refractivity contribution in [1.82, 2.24) is 18.4 Å². The number of nitrogens with zero attached hydrogens (tertiary/aromatic N) is 4. The number of rotatable bonds is 3. The van der Waals surface area contributed by atoms with Gasteiger partial charge in [-0.15, -0.1) is 0 Å². The van der Waals surface area contributed by atoms with Crippen molar-refractivity contribution >= 4 is 10.2 Å². The van der Waals surface area contributed by atoms with Crippen LogP contribution in [0, 0.1) is 0 Å². The lowest BCUT2D eigenvalue weighted by molar-refractivity contribution is 0.141. The lowest BCUT2D eigenvalue weighted by Gasteiger charge is -2.41. The van der Waals surface area contributed by atoms with E-state index in [0.717, 1.165) is 26.2 Å². The molecule has 7 heteroatoms. The van der Waals surface area contributed by atoms with Crippen LogP contribution in [-0.4, -0.2) is 92.3 Å². The van der Waals surface area contributed by atoms with Gasteiger partial charge in [0.05, 0.1) is 0 Å². The second kappa shape index (κ2) is 6.97. The summed E-state index contributed by atoms with van der Waals surface area (Å²) in [6.45, 7) is 5.83. The maximum absolute atomic E-state index is 12.7. The Hall–Kier alpha value is -0.470. The highest BCUT2D eigenvalue weighted by molar-refractivity contribution is 7.86. The fourth-order valence-corrected chi connectivity index (χ4v) is 5.12. The summed E-state index contributed by atoms with van der Waals surface area (Å²) >= 11 is 0. The molecule has 0 amide bonds. The minimum absolute atomic E-state index is 0.516. The first kappa shape index (κ1) is 16.4. The molecule has 3 rings (SSSR count). The number of hydrogen-bond donors (Lipinski definition) is 0. The van der Waals surface area contributed by atoms with Gasteiger partial charge in [-0.1, -0.05) is 12.2 Å². The quantitative estimate of drug-likeness (QED) is 0.695. The molecule has 126 valence electrons.